The first kappa shape index (κ1) is 30.0. The largest absolute Gasteiger partial charge is 0.493 e. The van der Waals surface area contributed by atoms with Crippen LogP contribution in [-0.4, -0.2) is 45.7 Å². The number of halogens is 3. The van der Waals surface area contributed by atoms with Crippen LogP contribution < -0.4 is 4.74 Å². The number of nitrogens with zero attached hydrogens (tertiary/aromatic N) is 2. The molecule has 6 nitrogen and oxygen atoms in total. The highest BCUT2D eigenvalue weighted by atomic mass is 19.2. The minimum Gasteiger partial charge on any atom is -0.493 e. The van der Waals surface area contributed by atoms with Crippen molar-refractivity contribution in [2.24, 2.45) is 5.41 Å². The fraction of sp³-hybridized carbons (Fsp3) is 0.375. The zero-order chi connectivity index (χ0) is 29.8. The number of aliphatic carboxylic acids is 1. The Morgan fingerprint density at radius 2 is 1.54 bits per heavy atom. The second-order valence-electron chi connectivity index (χ2n) is 10.3. The Morgan fingerprint density at radius 1 is 0.951 bits per heavy atom. The molecule has 0 aliphatic rings. The number of carboxylic acid groups (broad SMARTS) is 1. The molecule has 4 aromatic rings. The van der Waals surface area contributed by atoms with Crippen LogP contribution in [0.25, 0.3) is 11.5 Å². The molecule has 218 valence electrons. The van der Waals surface area contributed by atoms with E-state index >= 15 is 13.2 Å². The van der Waals surface area contributed by atoms with Crippen molar-refractivity contribution in [3.8, 4) is 17.2 Å². The van der Waals surface area contributed by atoms with Gasteiger partial charge in [0.05, 0.1) is 17.7 Å². The minimum absolute atomic E-state index is 0.310. The molecule has 3 unspecified atom stereocenters. The van der Waals surface area contributed by atoms with Gasteiger partial charge in [0, 0.05) is 30.8 Å². The zero-order valence-electron chi connectivity index (χ0n) is 23.6. The summed E-state index contributed by atoms with van der Waals surface area (Å²) in [4.78, 5) is 17.6. The minimum atomic E-state index is -2.51. The lowest BCUT2D eigenvalue weighted by atomic mass is 9.59. The van der Waals surface area contributed by atoms with E-state index in [1.165, 1.54) is 17.0 Å². The third-order valence-electron chi connectivity index (χ3n) is 7.99. The summed E-state index contributed by atoms with van der Waals surface area (Å²) in [5, 5.41) is 10.6. The van der Waals surface area contributed by atoms with Gasteiger partial charge in [-0.25, -0.2) is 22.9 Å². The van der Waals surface area contributed by atoms with Gasteiger partial charge in [0.1, 0.15) is 30.0 Å². The van der Waals surface area contributed by atoms with Crippen molar-refractivity contribution in [3.05, 3.63) is 96.1 Å². The van der Waals surface area contributed by atoms with Gasteiger partial charge in [-0.2, -0.15) is 0 Å². The fourth-order valence-corrected chi connectivity index (χ4v) is 5.99. The summed E-state index contributed by atoms with van der Waals surface area (Å²) in [6.45, 7) is 5.21. The molecule has 0 aliphatic carbocycles. The van der Waals surface area contributed by atoms with Crippen LogP contribution in [-0.2, 0) is 23.2 Å². The Morgan fingerprint density at radius 3 is 2.07 bits per heavy atom. The number of hydrogen-bond acceptors (Lipinski definition) is 4. The molecular weight excluding hydrogens is 533 g/mol. The van der Waals surface area contributed by atoms with Crippen LogP contribution in [0.2, 0.25) is 0 Å². The van der Waals surface area contributed by atoms with Gasteiger partial charge < -0.3 is 18.8 Å². The number of aryl methyl sites for hydroxylation is 1. The normalized spacial score (nSPS) is 16.8. The van der Waals surface area contributed by atoms with E-state index in [0.717, 1.165) is 32.0 Å². The number of ether oxygens (including phenoxy) is 1. The highest BCUT2D eigenvalue weighted by Gasteiger charge is 2.67. The van der Waals surface area contributed by atoms with Gasteiger partial charge in [0.25, 0.3) is 0 Å². The average Bonchev–Trinajstić information content (AvgIpc) is 3.60. The van der Waals surface area contributed by atoms with Gasteiger partial charge in [0.2, 0.25) is 5.89 Å². The van der Waals surface area contributed by atoms with E-state index < -0.39 is 35.4 Å². The first-order chi connectivity index (χ1) is 19.5. The quantitative estimate of drug-likeness (QED) is 0.185. The molecular formula is C32H35F3N2O4. The smallest absolute Gasteiger partial charge is 0.331 e. The topological polar surface area (TPSA) is 77.5 Å². The Balaban J connectivity index is 1.55. The molecule has 41 heavy (non-hydrogen) atoms. The van der Waals surface area contributed by atoms with E-state index in [2.05, 4.69) is 4.98 Å². The van der Waals surface area contributed by atoms with Crippen LogP contribution in [0.15, 0.2) is 83.5 Å². The Labute approximate surface area is 237 Å². The first-order valence-corrected chi connectivity index (χ1v) is 13.6. The van der Waals surface area contributed by atoms with Gasteiger partial charge in [0.15, 0.2) is 5.54 Å². The number of carboxylic acids is 1. The molecule has 4 atom stereocenters. The third kappa shape index (κ3) is 5.49. The third-order valence-corrected chi connectivity index (χ3v) is 7.99. The molecule has 9 heteroatoms. The summed E-state index contributed by atoms with van der Waals surface area (Å²) < 4.78 is 59.0. The van der Waals surface area contributed by atoms with E-state index in [1.54, 1.807) is 36.4 Å². The van der Waals surface area contributed by atoms with Crippen LogP contribution in [0.1, 0.15) is 37.8 Å². The molecule has 2 aromatic carbocycles. The highest BCUT2D eigenvalue weighted by Crippen LogP contribution is 2.52. The molecule has 0 spiro atoms. The molecule has 0 saturated carbocycles. The standard InChI is InChI=1S/C32H35F3N2O4/c1-21-28(36-29(41-21)26-10-6-5-7-11-26)16-19-40-27-14-12-25(13-15-27)20-31(30(38)39,37-17-8-9-18-37)32(22(2)33,23(3)34)24(4)35/h5-15,17-18,22-24H,16,19-20H2,1-4H3,(H,38,39)/t22?,23?,24?,31-,32?/m0/s1. The number of rotatable bonds is 13. The van der Waals surface area contributed by atoms with Crippen molar-refractivity contribution < 1.29 is 32.2 Å². The molecule has 0 saturated heterocycles. The van der Waals surface area contributed by atoms with Crippen LogP contribution in [0.4, 0.5) is 13.2 Å². The van der Waals surface area contributed by atoms with Gasteiger partial charge in [-0.05, 0) is 69.7 Å². The number of aromatic nitrogens is 2. The van der Waals surface area contributed by atoms with E-state index in [4.69, 9.17) is 9.15 Å². The van der Waals surface area contributed by atoms with E-state index in [0.29, 0.717) is 36.0 Å². The first-order valence-electron chi connectivity index (χ1n) is 13.6. The maximum atomic E-state index is 15.4. The van der Waals surface area contributed by atoms with Crippen LogP contribution in [0.3, 0.4) is 0 Å². The number of alkyl halides is 3. The molecule has 2 aromatic heterocycles. The number of hydrogen-bond donors (Lipinski definition) is 1. The van der Waals surface area contributed by atoms with E-state index in [-0.39, 0.29) is 6.42 Å². The fourth-order valence-electron chi connectivity index (χ4n) is 5.99. The molecule has 4 rings (SSSR count). The van der Waals surface area contributed by atoms with Crippen molar-refractivity contribution in [1.82, 2.24) is 9.55 Å². The van der Waals surface area contributed by atoms with Crippen molar-refractivity contribution in [2.45, 2.75) is 64.6 Å². The highest BCUT2D eigenvalue weighted by molar-refractivity contribution is 5.79. The summed E-state index contributed by atoms with van der Waals surface area (Å²) in [6.07, 6.45) is -3.40. The van der Waals surface area contributed by atoms with Crippen LogP contribution >= 0.6 is 0 Å². The zero-order valence-corrected chi connectivity index (χ0v) is 23.6. The van der Waals surface area contributed by atoms with Crippen LogP contribution in [0, 0.1) is 12.3 Å². The van der Waals surface area contributed by atoms with Gasteiger partial charge in [-0.15, -0.1) is 0 Å². The Bertz CT molecular complexity index is 1400. The molecule has 1 N–H and O–H groups in total. The predicted octanol–water partition coefficient (Wildman–Crippen LogP) is 7.16. The van der Waals surface area contributed by atoms with E-state index in [9.17, 15) is 9.90 Å². The summed E-state index contributed by atoms with van der Waals surface area (Å²) >= 11 is 0. The van der Waals surface area contributed by atoms with Crippen LogP contribution in [0.5, 0.6) is 5.75 Å². The lowest BCUT2D eigenvalue weighted by Gasteiger charge is -2.51. The molecule has 0 fully saturated rings. The van der Waals surface area contributed by atoms with Gasteiger partial charge >= 0.3 is 5.97 Å². The molecule has 0 radical (unpaired) electrons. The lowest BCUT2D eigenvalue weighted by Crippen LogP contribution is -2.67. The summed E-state index contributed by atoms with van der Waals surface area (Å²) in [5.41, 5.74) is -2.70. The monoisotopic (exact) mass is 568 g/mol. The van der Waals surface area contributed by atoms with Crippen molar-refractivity contribution >= 4 is 5.97 Å². The SMILES string of the molecule is Cc1oc(-c2ccccc2)nc1CCOc1ccc(C[C@@](C(=O)O)(n2cccc2)C(C(C)F)(C(C)F)C(C)F)cc1. The molecule has 0 aliphatic heterocycles. The number of carbonyl (C=O) groups is 1. The van der Waals surface area contributed by atoms with E-state index in [1.807, 2.05) is 37.3 Å². The number of benzene rings is 2. The maximum absolute atomic E-state index is 15.4. The Hall–Kier alpha value is -4.01. The summed E-state index contributed by atoms with van der Waals surface area (Å²) in [5.74, 6) is 0.233. The second kappa shape index (κ2) is 12.2. The van der Waals surface area contributed by atoms with Crippen molar-refractivity contribution in [1.29, 1.82) is 0 Å². The Kier molecular flexibility index (Phi) is 8.95. The predicted molar refractivity (Wildman–Crippen MR) is 150 cm³/mol. The average molecular weight is 569 g/mol. The molecule has 0 bridgehead atoms. The summed E-state index contributed by atoms with van der Waals surface area (Å²) in [7, 11) is 0. The molecule has 2 heterocycles. The maximum Gasteiger partial charge on any atom is 0.331 e. The van der Waals surface area contributed by atoms with Gasteiger partial charge in [-0.1, -0.05) is 30.3 Å². The number of oxazole rings is 1. The lowest BCUT2D eigenvalue weighted by molar-refractivity contribution is -0.178. The molecule has 0 amide bonds. The van der Waals surface area contributed by atoms with Crippen molar-refractivity contribution in [2.75, 3.05) is 6.61 Å². The van der Waals surface area contributed by atoms with Gasteiger partial charge in [-0.3, -0.25) is 0 Å². The second-order valence-corrected chi connectivity index (χ2v) is 10.3. The van der Waals surface area contributed by atoms with Crippen molar-refractivity contribution in [3.63, 3.8) is 0 Å². The summed E-state index contributed by atoms with van der Waals surface area (Å²) in [6, 6.07) is 19.2.